The Hall–Kier alpha value is -2.54. The third-order valence-corrected chi connectivity index (χ3v) is 3.57. The van der Waals surface area contributed by atoms with Crippen LogP contribution in [0.3, 0.4) is 0 Å². The smallest absolute Gasteiger partial charge is 0.258 e. The summed E-state index contributed by atoms with van der Waals surface area (Å²) in [5.74, 6) is 1.25. The molecule has 7 nitrogen and oxygen atoms in total. The van der Waals surface area contributed by atoms with E-state index >= 15 is 0 Å². The van der Waals surface area contributed by atoms with Crippen LogP contribution in [0.2, 0.25) is 0 Å². The lowest BCUT2D eigenvalue weighted by Gasteiger charge is -2.05. The molecule has 0 bridgehead atoms. The van der Waals surface area contributed by atoms with Gasteiger partial charge in [-0.3, -0.25) is 0 Å². The van der Waals surface area contributed by atoms with Crippen LogP contribution in [-0.2, 0) is 6.42 Å². The van der Waals surface area contributed by atoms with Crippen molar-refractivity contribution in [1.29, 1.82) is 0 Å². The molecule has 0 fully saturated rings. The van der Waals surface area contributed by atoms with Crippen LogP contribution < -0.4 is 5.32 Å². The molecule has 1 aromatic carbocycles. The first-order valence-corrected chi connectivity index (χ1v) is 7.13. The second-order valence-corrected chi connectivity index (χ2v) is 5.25. The summed E-state index contributed by atoms with van der Waals surface area (Å²) in [6.07, 6.45) is 3.91. The van der Waals surface area contributed by atoms with Crippen LogP contribution in [0.25, 0.3) is 17.1 Å². The summed E-state index contributed by atoms with van der Waals surface area (Å²) < 4.78 is 7.10. The molecule has 0 aliphatic rings. The second-order valence-electron chi connectivity index (χ2n) is 5.25. The predicted molar refractivity (Wildman–Crippen MR) is 81.6 cm³/mol. The Morgan fingerprint density at radius 2 is 2.23 bits per heavy atom. The molecule has 0 saturated carbocycles. The average molecular weight is 298 g/mol. The summed E-state index contributed by atoms with van der Waals surface area (Å²) in [6, 6.07) is 6.24. The van der Waals surface area contributed by atoms with Crippen LogP contribution in [0.1, 0.15) is 18.3 Å². The van der Waals surface area contributed by atoms with E-state index in [1.165, 1.54) is 6.33 Å². The zero-order valence-electron chi connectivity index (χ0n) is 12.8. The highest BCUT2D eigenvalue weighted by Gasteiger charge is 2.13. The van der Waals surface area contributed by atoms with E-state index < -0.39 is 0 Å². The average Bonchev–Trinajstić information content (AvgIpc) is 3.18. The molecule has 3 rings (SSSR count). The Balaban J connectivity index is 1.86. The summed E-state index contributed by atoms with van der Waals surface area (Å²) in [5.41, 5.74) is 2.92. The summed E-state index contributed by atoms with van der Waals surface area (Å²) in [7, 11) is 1.92. The van der Waals surface area contributed by atoms with Gasteiger partial charge < -0.3 is 9.84 Å². The van der Waals surface area contributed by atoms with Gasteiger partial charge in [0, 0.05) is 18.0 Å². The van der Waals surface area contributed by atoms with Crippen molar-refractivity contribution in [2.75, 3.05) is 7.05 Å². The first kappa shape index (κ1) is 14.4. The Kier molecular flexibility index (Phi) is 3.97. The largest absolute Gasteiger partial charge is 0.334 e. The Labute approximate surface area is 128 Å². The number of hydrogen-bond donors (Lipinski definition) is 1. The molecule has 1 N–H and O–H groups in total. The number of aromatic nitrogens is 5. The van der Waals surface area contributed by atoms with E-state index in [-0.39, 0.29) is 0 Å². The molecular formula is C15H18N6O. The molecule has 0 radical (unpaired) electrons. The van der Waals surface area contributed by atoms with Gasteiger partial charge in [-0.15, -0.1) is 0 Å². The fraction of sp³-hybridized carbons (Fsp3) is 0.333. The van der Waals surface area contributed by atoms with Gasteiger partial charge in [0.25, 0.3) is 5.89 Å². The molecule has 0 saturated heterocycles. The van der Waals surface area contributed by atoms with Crippen molar-refractivity contribution in [2.45, 2.75) is 26.3 Å². The lowest BCUT2D eigenvalue weighted by Crippen LogP contribution is -2.24. The molecule has 1 atom stereocenters. The van der Waals surface area contributed by atoms with Crippen molar-refractivity contribution < 1.29 is 4.52 Å². The van der Waals surface area contributed by atoms with Crippen LogP contribution in [0, 0.1) is 6.92 Å². The van der Waals surface area contributed by atoms with Crippen LogP contribution in [0.4, 0.5) is 0 Å². The first-order chi connectivity index (χ1) is 10.7. The lowest BCUT2D eigenvalue weighted by molar-refractivity contribution is 0.418. The number of likely N-dealkylation sites (N-methyl/N-ethyl adjacent to an activating group) is 1. The quantitative estimate of drug-likeness (QED) is 0.773. The summed E-state index contributed by atoms with van der Waals surface area (Å²) in [5, 5.41) is 11.3. The first-order valence-electron chi connectivity index (χ1n) is 7.13. The van der Waals surface area contributed by atoms with Gasteiger partial charge in [0.2, 0.25) is 0 Å². The summed E-state index contributed by atoms with van der Waals surface area (Å²) >= 11 is 0. The van der Waals surface area contributed by atoms with Crippen molar-refractivity contribution in [2.24, 2.45) is 0 Å². The van der Waals surface area contributed by atoms with E-state index in [0.717, 1.165) is 23.2 Å². The molecule has 7 heteroatoms. The predicted octanol–water partition coefficient (Wildman–Crippen LogP) is 1.78. The van der Waals surface area contributed by atoms with Gasteiger partial charge in [0.05, 0.1) is 5.69 Å². The third-order valence-electron chi connectivity index (χ3n) is 3.57. The van der Waals surface area contributed by atoms with Crippen molar-refractivity contribution in [3.8, 4) is 17.1 Å². The maximum absolute atomic E-state index is 5.38. The monoisotopic (exact) mass is 298 g/mol. The number of nitrogens with one attached hydrogen (secondary N) is 1. The van der Waals surface area contributed by atoms with E-state index in [1.54, 1.807) is 11.0 Å². The van der Waals surface area contributed by atoms with E-state index in [9.17, 15) is 0 Å². The van der Waals surface area contributed by atoms with Crippen molar-refractivity contribution in [3.05, 3.63) is 42.2 Å². The molecule has 2 aromatic heterocycles. The minimum Gasteiger partial charge on any atom is -0.334 e. The van der Waals surface area contributed by atoms with Gasteiger partial charge in [-0.05, 0) is 44.7 Å². The van der Waals surface area contributed by atoms with Gasteiger partial charge in [-0.2, -0.15) is 10.1 Å². The highest BCUT2D eigenvalue weighted by molar-refractivity contribution is 5.60. The molecule has 0 amide bonds. The maximum atomic E-state index is 5.38. The molecular weight excluding hydrogens is 280 g/mol. The minimum absolute atomic E-state index is 0.307. The minimum atomic E-state index is 0.307. The molecule has 0 aliphatic heterocycles. The number of hydrogen-bond acceptors (Lipinski definition) is 6. The summed E-state index contributed by atoms with van der Waals surface area (Å²) in [6.45, 7) is 4.09. The van der Waals surface area contributed by atoms with Crippen LogP contribution in [0.15, 0.2) is 35.4 Å². The molecule has 0 spiro atoms. The van der Waals surface area contributed by atoms with Crippen molar-refractivity contribution in [1.82, 2.24) is 30.2 Å². The third kappa shape index (κ3) is 2.89. The maximum Gasteiger partial charge on any atom is 0.258 e. The molecule has 22 heavy (non-hydrogen) atoms. The number of benzene rings is 1. The molecule has 114 valence electrons. The lowest BCUT2D eigenvalue weighted by atomic mass is 10.1. The van der Waals surface area contributed by atoms with Crippen LogP contribution in [0.5, 0.6) is 0 Å². The molecule has 1 unspecified atom stereocenters. The van der Waals surface area contributed by atoms with Gasteiger partial charge in [-0.1, -0.05) is 5.16 Å². The summed E-state index contributed by atoms with van der Waals surface area (Å²) in [4.78, 5) is 8.42. The topological polar surface area (TPSA) is 81.7 Å². The SMILES string of the molecule is CNC(C)Cc1noc(-c2ccc(-n3cncn3)cc2C)n1. The Morgan fingerprint density at radius 1 is 1.36 bits per heavy atom. The van der Waals surface area contributed by atoms with Crippen LogP contribution in [-0.4, -0.2) is 38.0 Å². The van der Waals surface area contributed by atoms with Crippen LogP contribution >= 0.6 is 0 Å². The second kappa shape index (κ2) is 6.07. The number of nitrogens with zero attached hydrogens (tertiary/aromatic N) is 5. The zero-order chi connectivity index (χ0) is 15.5. The highest BCUT2D eigenvalue weighted by Crippen LogP contribution is 2.24. The van der Waals surface area contributed by atoms with E-state index in [0.29, 0.717) is 17.8 Å². The van der Waals surface area contributed by atoms with Crippen molar-refractivity contribution in [3.63, 3.8) is 0 Å². The normalized spacial score (nSPS) is 12.5. The molecule has 2 heterocycles. The van der Waals surface area contributed by atoms with Crippen molar-refractivity contribution >= 4 is 0 Å². The zero-order valence-corrected chi connectivity index (χ0v) is 12.8. The standard InChI is InChI=1S/C15H18N6O/c1-10-6-12(21-9-17-8-18-21)4-5-13(10)15-19-14(20-22-15)7-11(2)16-3/h4-6,8-9,11,16H,7H2,1-3H3. The number of rotatable bonds is 5. The fourth-order valence-electron chi connectivity index (χ4n) is 2.19. The number of aryl methyl sites for hydroxylation is 1. The van der Waals surface area contributed by atoms with Gasteiger partial charge in [0.1, 0.15) is 12.7 Å². The van der Waals surface area contributed by atoms with E-state index in [1.807, 2.05) is 32.2 Å². The highest BCUT2D eigenvalue weighted by atomic mass is 16.5. The van der Waals surface area contributed by atoms with Gasteiger partial charge in [-0.25, -0.2) is 9.67 Å². The Morgan fingerprint density at radius 3 is 2.91 bits per heavy atom. The van der Waals surface area contributed by atoms with E-state index in [2.05, 4.69) is 32.5 Å². The Bertz CT molecular complexity index is 749. The molecule has 0 aliphatic carbocycles. The molecule has 3 aromatic rings. The van der Waals surface area contributed by atoms with Gasteiger partial charge in [0.15, 0.2) is 5.82 Å². The van der Waals surface area contributed by atoms with E-state index in [4.69, 9.17) is 4.52 Å². The van der Waals surface area contributed by atoms with Gasteiger partial charge >= 0.3 is 0 Å². The fourth-order valence-corrected chi connectivity index (χ4v) is 2.19.